The van der Waals surface area contributed by atoms with Crippen molar-refractivity contribution in [3.8, 4) is 0 Å². The van der Waals surface area contributed by atoms with E-state index < -0.39 is 0 Å². The molecule has 0 spiro atoms. The van der Waals surface area contributed by atoms with Gasteiger partial charge in [0, 0.05) is 26.2 Å². The van der Waals surface area contributed by atoms with Gasteiger partial charge in [-0.15, -0.1) is 0 Å². The Bertz CT molecular complexity index is 219. The summed E-state index contributed by atoms with van der Waals surface area (Å²) in [6.07, 6.45) is 3.54. The monoisotopic (exact) mass is 314 g/mol. The Morgan fingerprint density at radius 3 is 1.36 bits per heavy atom. The van der Waals surface area contributed by atoms with Crippen LogP contribution in [0.2, 0.25) is 0 Å². The molecule has 0 rings (SSSR count). The lowest BCUT2D eigenvalue weighted by Crippen LogP contribution is -2.59. The van der Waals surface area contributed by atoms with Gasteiger partial charge in [0.15, 0.2) is 0 Å². The molecule has 0 unspecified atom stereocenters. The summed E-state index contributed by atoms with van der Waals surface area (Å²) in [5.74, 6) is 0. The van der Waals surface area contributed by atoms with Crippen LogP contribution < -0.4 is 10.6 Å². The number of nitrogens with one attached hydrogen (secondary N) is 2. The molecule has 0 bridgehead atoms. The molecule has 0 saturated carbocycles. The minimum absolute atomic E-state index is 0.106. The average molecular weight is 315 g/mol. The molecule has 134 valence electrons. The quantitative estimate of drug-likeness (QED) is 0.455. The van der Waals surface area contributed by atoms with Gasteiger partial charge in [-0.3, -0.25) is 10.6 Å². The van der Waals surface area contributed by atoms with E-state index in [4.69, 9.17) is 0 Å². The van der Waals surface area contributed by atoms with E-state index >= 15 is 0 Å². The second kappa shape index (κ2) is 13.3. The Kier molecular flexibility index (Phi) is 13.2. The zero-order valence-corrected chi connectivity index (χ0v) is 16.2. The van der Waals surface area contributed by atoms with E-state index in [1.54, 1.807) is 0 Å². The van der Waals surface area contributed by atoms with Crippen LogP contribution in [0.4, 0.5) is 0 Å². The van der Waals surface area contributed by atoms with Gasteiger partial charge in [0.1, 0.15) is 0 Å². The summed E-state index contributed by atoms with van der Waals surface area (Å²) in [5, 5.41) is 7.64. The molecule has 0 amide bonds. The van der Waals surface area contributed by atoms with Crippen LogP contribution >= 0.6 is 0 Å². The third kappa shape index (κ3) is 8.47. The molecular weight excluding hydrogens is 272 g/mol. The fourth-order valence-corrected chi connectivity index (χ4v) is 3.08. The van der Waals surface area contributed by atoms with Gasteiger partial charge in [0.25, 0.3) is 0 Å². The lowest BCUT2D eigenvalue weighted by molar-refractivity contribution is 0.194. The maximum atomic E-state index is 3.82. The van der Waals surface area contributed by atoms with Gasteiger partial charge in [-0.1, -0.05) is 48.0 Å². The minimum Gasteiger partial charge on any atom is -0.303 e. The number of hydrogen-bond donors (Lipinski definition) is 2. The highest BCUT2D eigenvalue weighted by molar-refractivity contribution is 4.84. The van der Waals surface area contributed by atoms with Crippen molar-refractivity contribution in [2.45, 2.75) is 66.5 Å². The van der Waals surface area contributed by atoms with Crippen LogP contribution in [-0.2, 0) is 0 Å². The van der Waals surface area contributed by atoms with E-state index in [1.807, 2.05) is 0 Å². The first-order valence-electron chi connectivity index (χ1n) is 9.55. The van der Waals surface area contributed by atoms with Gasteiger partial charge >= 0.3 is 0 Å². The highest BCUT2D eigenvalue weighted by Crippen LogP contribution is 2.14. The van der Waals surface area contributed by atoms with Crippen molar-refractivity contribution < 1.29 is 0 Å². The SMILES string of the molecule is CCCC(CC)(NCCN(CC)CC)NCCN(CC)CC. The van der Waals surface area contributed by atoms with Crippen LogP contribution in [-0.4, -0.2) is 67.8 Å². The first-order valence-corrected chi connectivity index (χ1v) is 9.55. The molecular formula is C18H42N4. The van der Waals surface area contributed by atoms with Crippen molar-refractivity contribution in [1.29, 1.82) is 0 Å². The summed E-state index contributed by atoms with van der Waals surface area (Å²) < 4.78 is 0. The summed E-state index contributed by atoms with van der Waals surface area (Å²) in [5.41, 5.74) is 0.106. The molecule has 0 aliphatic rings. The lowest BCUT2D eigenvalue weighted by Gasteiger charge is -2.37. The highest BCUT2D eigenvalue weighted by Gasteiger charge is 2.25. The Morgan fingerprint density at radius 1 is 0.682 bits per heavy atom. The van der Waals surface area contributed by atoms with E-state index in [9.17, 15) is 0 Å². The van der Waals surface area contributed by atoms with E-state index in [0.717, 1.165) is 58.8 Å². The van der Waals surface area contributed by atoms with Crippen molar-refractivity contribution in [3.63, 3.8) is 0 Å². The molecule has 0 heterocycles. The maximum Gasteiger partial charge on any atom is 0.0685 e. The summed E-state index contributed by atoms with van der Waals surface area (Å²) in [4.78, 5) is 4.96. The first kappa shape index (κ1) is 21.8. The van der Waals surface area contributed by atoms with Crippen molar-refractivity contribution in [2.75, 3.05) is 52.4 Å². The number of hydrogen-bond acceptors (Lipinski definition) is 4. The van der Waals surface area contributed by atoms with Crippen LogP contribution in [0.3, 0.4) is 0 Å². The summed E-state index contributed by atoms with van der Waals surface area (Å²) in [6.45, 7) is 22.5. The average Bonchev–Trinajstić information content (AvgIpc) is 2.55. The smallest absolute Gasteiger partial charge is 0.0685 e. The second-order valence-corrected chi connectivity index (χ2v) is 6.09. The van der Waals surface area contributed by atoms with Crippen LogP contribution in [0.25, 0.3) is 0 Å². The molecule has 0 fully saturated rings. The Hall–Kier alpha value is -0.160. The predicted octanol–water partition coefficient (Wildman–Crippen LogP) is 2.76. The lowest BCUT2D eigenvalue weighted by atomic mass is 10.0. The summed E-state index contributed by atoms with van der Waals surface area (Å²) >= 11 is 0. The standard InChI is InChI=1S/C18H42N4/c1-7-13-18(8-2,19-14-16-21(9-3)10-4)20-15-17-22(11-5)12-6/h19-20H,7-17H2,1-6H3. The molecule has 0 aromatic carbocycles. The van der Waals surface area contributed by atoms with Crippen LogP contribution in [0.1, 0.15) is 60.8 Å². The Labute approximate surface area is 140 Å². The minimum atomic E-state index is 0.106. The molecule has 4 heteroatoms. The second-order valence-electron chi connectivity index (χ2n) is 6.09. The summed E-state index contributed by atoms with van der Waals surface area (Å²) in [7, 11) is 0. The molecule has 2 N–H and O–H groups in total. The molecule has 0 aromatic heterocycles. The number of nitrogens with zero attached hydrogens (tertiary/aromatic N) is 2. The predicted molar refractivity (Wildman–Crippen MR) is 99.5 cm³/mol. The van der Waals surface area contributed by atoms with E-state index in [2.05, 4.69) is 62.0 Å². The van der Waals surface area contributed by atoms with Crippen LogP contribution in [0.15, 0.2) is 0 Å². The first-order chi connectivity index (χ1) is 10.6. The van der Waals surface area contributed by atoms with Gasteiger partial charge in [0.05, 0.1) is 5.66 Å². The van der Waals surface area contributed by atoms with Crippen molar-refractivity contribution >= 4 is 0 Å². The van der Waals surface area contributed by atoms with E-state index in [0.29, 0.717) is 0 Å². The van der Waals surface area contributed by atoms with Gasteiger partial charge in [0.2, 0.25) is 0 Å². The van der Waals surface area contributed by atoms with Crippen LogP contribution in [0, 0.1) is 0 Å². The Morgan fingerprint density at radius 2 is 1.09 bits per heavy atom. The normalized spacial score (nSPS) is 12.5. The van der Waals surface area contributed by atoms with Crippen LogP contribution in [0.5, 0.6) is 0 Å². The van der Waals surface area contributed by atoms with E-state index in [1.165, 1.54) is 12.8 Å². The van der Waals surface area contributed by atoms with Gasteiger partial charge in [-0.05, 0) is 39.0 Å². The topological polar surface area (TPSA) is 30.5 Å². The van der Waals surface area contributed by atoms with E-state index in [-0.39, 0.29) is 5.66 Å². The number of rotatable bonds is 15. The largest absolute Gasteiger partial charge is 0.303 e. The zero-order chi connectivity index (χ0) is 16.8. The van der Waals surface area contributed by atoms with Gasteiger partial charge in [-0.2, -0.15) is 0 Å². The van der Waals surface area contributed by atoms with Gasteiger partial charge in [-0.25, -0.2) is 0 Å². The molecule has 22 heavy (non-hydrogen) atoms. The fourth-order valence-electron chi connectivity index (χ4n) is 3.08. The molecule has 0 saturated heterocycles. The molecule has 0 radical (unpaired) electrons. The molecule has 0 aliphatic carbocycles. The fraction of sp³-hybridized carbons (Fsp3) is 1.00. The molecule has 4 nitrogen and oxygen atoms in total. The molecule has 0 aliphatic heterocycles. The third-order valence-electron chi connectivity index (χ3n) is 4.85. The van der Waals surface area contributed by atoms with Crippen molar-refractivity contribution in [2.24, 2.45) is 0 Å². The summed E-state index contributed by atoms with van der Waals surface area (Å²) in [6, 6.07) is 0. The zero-order valence-electron chi connectivity index (χ0n) is 16.2. The van der Waals surface area contributed by atoms with Crippen molar-refractivity contribution in [1.82, 2.24) is 20.4 Å². The maximum absolute atomic E-state index is 3.82. The highest BCUT2D eigenvalue weighted by atomic mass is 15.2. The third-order valence-corrected chi connectivity index (χ3v) is 4.85. The van der Waals surface area contributed by atoms with Gasteiger partial charge < -0.3 is 9.80 Å². The number of likely N-dealkylation sites (N-methyl/N-ethyl adjacent to an activating group) is 2. The molecule has 0 aromatic rings. The Balaban J connectivity index is 4.38. The van der Waals surface area contributed by atoms with Crippen molar-refractivity contribution in [3.05, 3.63) is 0 Å². The molecule has 0 atom stereocenters.